The number of benzene rings is 2. The number of anilines is 1. The monoisotopic (exact) mass is 401 g/mol. The number of carbonyl (C=O) groups is 2. The van der Waals surface area contributed by atoms with E-state index in [0.29, 0.717) is 11.3 Å². The number of aryl methyl sites for hydroxylation is 1. The quantitative estimate of drug-likeness (QED) is 0.520. The Hall–Kier alpha value is -2.47. The number of hydrogen-bond donors (Lipinski definition) is 1. The Morgan fingerprint density at radius 3 is 2.43 bits per heavy atom. The Morgan fingerprint density at radius 1 is 1.11 bits per heavy atom. The molecule has 0 aliphatic rings. The molecule has 6 heteroatoms. The molecule has 2 aromatic rings. The van der Waals surface area contributed by atoms with Crippen LogP contribution in [0.3, 0.4) is 0 Å². The average molecular weight is 402 g/mol. The third-order valence-corrected chi connectivity index (χ3v) is 5.18. The number of carbonyl (C=O) groups excluding carboxylic acids is 2. The highest BCUT2D eigenvalue weighted by Gasteiger charge is 2.23. The van der Waals surface area contributed by atoms with Crippen LogP contribution in [0.2, 0.25) is 0 Å². The first kappa shape index (κ1) is 21.8. The van der Waals surface area contributed by atoms with Gasteiger partial charge in [-0.1, -0.05) is 32.0 Å². The number of hydrogen-bond acceptors (Lipinski definition) is 5. The van der Waals surface area contributed by atoms with Crippen molar-refractivity contribution >= 4 is 29.3 Å². The van der Waals surface area contributed by atoms with Crippen LogP contribution in [0.15, 0.2) is 41.3 Å². The molecule has 0 saturated heterocycles. The third-order valence-electron chi connectivity index (χ3n) is 4.46. The fourth-order valence-corrected chi connectivity index (χ4v) is 3.24. The van der Waals surface area contributed by atoms with Crippen LogP contribution in [0, 0.1) is 6.92 Å². The topological polar surface area (TPSA) is 64.6 Å². The van der Waals surface area contributed by atoms with E-state index < -0.39 is 12.1 Å². The number of esters is 1. The summed E-state index contributed by atoms with van der Waals surface area (Å²) in [4.78, 5) is 26.2. The first-order valence-electron chi connectivity index (χ1n) is 9.11. The summed E-state index contributed by atoms with van der Waals surface area (Å²) >= 11 is 1.55. The number of methoxy groups -OCH3 is 1. The second kappa shape index (κ2) is 9.64. The Labute approximate surface area is 170 Å². The molecule has 5 nitrogen and oxygen atoms in total. The van der Waals surface area contributed by atoms with Crippen molar-refractivity contribution in [3.63, 3.8) is 0 Å². The van der Waals surface area contributed by atoms with E-state index in [9.17, 15) is 9.59 Å². The van der Waals surface area contributed by atoms with E-state index in [1.54, 1.807) is 30.8 Å². The fraction of sp³-hybridized carbons (Fsp3) is 0.364. The number of rotatable bonds is 7. The van der Waals surface area contributed by atoms with Gasteiger partial charge in [-0.2, -0.15) is 0 Å². The Bertz CT molecular complexity index is 864. The van der Waals surface area contributed by atoms with E-state index in [-0.39, 0.29) is 11.8 Å². The van der Waals surface area contributed by atoms with Gasteiger partial charge in [-0.05, 0) is 55.3 Å². The largest absolute Gasteiger partial charge is 0.496 e. The van der Waals surface area contributed by atoms with E-state index in [0.717, 1.165) is 21.7 Å². The molecule has 0 heterocycles. The first-order chi connectivity index (χ1) is 13.3. The predicted molar refractivity (Wildman–Crippen MR) is 114 cm³/mol. The maximum absolute atomic E-state index is 12.6. The highest BCUT2D eigenvalue weighted by Crippen LogP contribution is 2.28. The number of amides is 1. The second-order valence-electron chi connectivity index (χ2n) is 6.80. The standard InChI is InChI=1S/C22H27NO4S/c1-13(2)17-9-7-8-14(3)20(17)23-21(24)15(4)27-22(25)18-11-10-16(28-6)12-19(18)26-5/h7-13,15H,1-6H3,(H,23,24)/t15-/m1/s1. The van der Waals surface area contributed by atoms with E-state index in [1.807, 2.05) is 37.4 Å². The zero-order valence-electron chi connectivity index (χ0n) is 17.2. The van der Waals surface area contributed by atoms with E-state index >= 15 is 0 Å². The molecule has 2 aromatic carbocycles. The molecule has 0 aliphatic carbocycles. The third kappa shape index (κ3) is 5.07. The predicted octanol–water partition coefficient (Wildman–Crippen LogP) is 5.03. The first-order valence-corrected chi connectivity index (χ1v) is 10.3. The van der Waals surface area contributed by atoms with Crippen LogP contribution in [-0.4, -0.2) is 31.3 Å². The van der Waals surface area contributed by atoms with Gasteiger partial charge in [-0.3, -0.25) is 4.79 Å². The highest BCUT2D eigenvalue weighted by molar-refractivity contribution is 7.98. The van der Waals surface area contributed by atoms with Crippen molar-refractivity contribution in [3.8, 4) is 5.75 Å². The summed E-state index contributed by atoms with van der Waals surface area (Å²) in [6, 6.07) is 11.1. The number of para-hydroxylation sites is 1. The maximum Gasteiger partial charge on any atom is 0.342 e. The normalized spacial score (nSPS) is 11.8. The zero-order chi connectivity index (χ0) is 20.8. The van der Waals surface area contributed by atoms with Crippen molar-refractivity contribution in [2.45, 2.75) is 44.6 Å². The molecular weight excluding hydrogens is 374 g/mol. The lowest BCUT2D eigenvalue weighted by Crippen LogP contribution is -2.30. The van der Waals surface area contributed by atoms with E-state index in [1.165, 1.54) is 7.11 Å². The minimum atomic E-state index is -0.947. The van der Waals surface area contributed by atoms with Crippen LogP contribution in [0.1, 0.15) is 48.2 Å². The van der Waals surface area contributed by atoms with Gasteiger partial charge < -0.3 is 14.8 Å². The van der Waals surface area contributed by atoms with Crippen molar-refractivity contribution in [2.24, 2.45) is 0 Å². The molecule has 0 aromatic heterocycles. The molecule has 1 atom stereocenters. The molecule has 28 heavy (non-hydrogen) atoms. The molecule has 0 radical (unpaired) electrons. The number of thioether (sulfide) groups is 1. The van der Waals surface area contributed by atoms with Crippen molar-refractivity contribution in [2.75, 3.05) is 18.7 Å². The van der Waals surface area contributed by atoms with Crippen LogP contribution in [-0.2, 0) is 9.53 Å². The molecule has 2 rings (SSSR count). The smallest absolute Gasteiger partial charge is 0.342 e. The second-order valence-corrected chi connectivity index (χ2v) is 7.68. The van der Waals surface area contributed by atoms with Gasteiger partial charge in [0, 0.05) is 10.6 Å². The molecule has 1 N–H and O–H groups in total. The van der Waals surface area contributed by atoms with Crippen LogP contribution in [0.5, 0.6) is 5.75 Å². The molecule has 0 saturated carbocycles. The summed E-state index contributed by atoms with van der Waals surface area (Å²) in [6.07, 6.45) is 0.993. The summed E-state index contributed by atoms with van der Waals surface area (Å²) in [5.41, 5.74) is 3.07. The van der Waals surface area contributed by atoms with Gasteiger partial charge in [0.1, 0.15) is 11.3 Å². The summed E-state index contributed by atoms with van der Waals surface area (Å²) in [5, 5.41) is 2.91. The van der Waals surface area contributed by atoms with Gasteiger partial charge in [0.05, 0.1) is 7.11 Å². The molecule has 0 unspecified atom stereocenters. The zero-order valence-corrected chi connectivity index (χ0v) is 18.0. The fourth-order valence-electron chi connectivity index (χ4n) is 2.81. The lowest BCUT2D eigenvalue weighted by Gasteiger charge is -2.19. The van der Waals surface area contributed by atoms with Gasteiger partial charge in [0.15, 0.2) is 6.10 Å². The Morgan fingerprint density at radius 2 is 1.82 bits per heavy atom. The van der Waals surface area contributed by atoms with Crippen LogP contribution in [0.4, 0.5) is 5.69 Å². The molecule has 0 fully saturated rings. The molecule has 0 bridgehead atoms. The van der Waals surface area contributed by atoms with Crippen LogP contribution >= 0.6 is 11.8 Å². The minimum absolute atomic E-state index is 0.257. The van der Waals surface area contributed by atoms with Crippen molar-refractivity contribution in [1.82, 2.24) is 0 Å². The highest BCUT2D eigenvalue weighted by atomic mass is 32.2. The molecule has 0 aliphatic heterocycles. The molecule has 1 amide bonds. The molecule has 150 valence electrons. The van der Waals surface area contributed by atoms with Crippen molar-refractivity contribution < 1.29 is 19.1 Å². The van der Waals surface area contributed by atoms with Gasteiger partial charge >= 0.3 is 5.97 Å². The van der Waals surface area contributed by atoms with Gasteiger partial charge in [-0.15, -0.1) is 11.8 Å². The van der Waals surface area contributed by atoms with Crippen molar-refractivity contribution in [1.29, 1.82) is 0 Å². The Kier molecular flexibility index (Phi) is 7.52. The lowest BCUT2D eigenvalue weighted by atomic mass is 9.98. The van der Waals surface area contributed by atoms with Crippen molar-refractivity contribution in [3.05, 3.63) is 53.1 Å². The summed E-state index contributed by atoms with van der Waals surface area (Å²) in [5.74, 6) is -0.289. The summed E-state index contributed by atoms with van der Waals surface area (Å²) < 4.78 is 10.7. The maximum atomic E-state index is 12.6. The molecule has 0 spiro atoms. The molecular formula is C22H27NO4S. The van der Waals surface area contributed by atoms with Crippen LogP contribution < -0.4 is 10.1 Å². The Balaban J connectivity index is 2.14. The van der Waals surface area contributed by atoms with Crippen LogP contribution in [0.25, 0.3) is 0 Å². The summed E-state index contributed by atoms with van der Waals surface area (Å²) in [6.45, 7) is 7.64. The van der Waals surface area contributed by atoms with E-state index in [2.05, 4.69) is 19.2 Å². The van der Waals surface area contributed by atoms with Gasteiger partial charge in [-0.25, -0.2) is 4.79 Å². The number of ether oxygens (including phenoxy) is 2. The van der Waals surface area contributed by atoms with Gasteiger partial charge in [0.2, 0.25) is 0 Å². The van der Waals surface area contributed by atoms with Gasteiger partial charge in [0.25, 0.3) is 5.91 Å². The minimum Gasteiger partial charge on any atom is -0.496 e. The number of nitrogens with one attached hydrogen (secondary N) is 1. The SMILES string of the molecule is COc1cc(SC)ccc1C(=O)O[C@H](C)C(=O)Nc1c(C)cccc1C(C)C. The average Bonchev–Trinajstić information content (AvgIpc) is 2.68. The summed E-state index contributed by atoms with van der Waals surface area (Å²) in [7, 11) is 1.50. The van der Waals surface area contributed by atoms with E-state index in [4.69, 9.17) is 9.47 Å². The lowest BCUT2D eigenvalue weighted by molar-refractivity contribution is -0.123.